The van der Waals surface area contributed by atoms with Gasteiger partial charge in [0.2, 0.25) is 5.91 Å². The Hall–Kier alpha value is -1.79. The summed E-state index contributed by atoms with van der Waals surface area (Å²) < 4.78 is 0. The zero-order valence-corrected chi connectivity index (χ0v) is 14.4. The van der Waals surface area contributed by atoms with E-state index in [4.69, 9.17) is 23.2 Å². The summed E-state index contributed by atoms with van der Waals surface area (Å²) in [5.74, 6) is -0.0000183. The first kappa shape index (κ1) is 17.0. The van der Waals surface area contributed by atoms with E-state index < -0.39 is 6.04 Å². The number of benzene rings is 2. The van der Waals surface area contributed by atoms with Crippen LogP contribution >= 0.6 is 23.2 Å². The number of anilines is 1. The van der Waals surface area contributed by atoms with E-state index in [1.165, 1.54) is 0 Å². The van der Waals surface area contributed by atoms with Gasteiger partial charge in [-0.05, 0) is 55.3 Å². The Morgan fingerprint density at radius 2 is 1.92 bits per heavy atom. The van der Waals surface area contributed by atoms with E-state index in [-0.39, 0.29) is 17.7 Å². The maximum absolute atomic E-state index is 12.3. The van der Waals surface area contributed by atoms with Gasteiger partial charge in [0.15, 0.2) is 0 Å². The molecule has 1 fully saturated rings. The summed E-state index contributed by atoms with van der Waals surface area (Å²) in [4.78, 5) is 12.3. The highest BCUT2D eigenvalue weighted by molar-refractivity contribution is 6.31. The van der Waals surface area contributed by atoms with Gasteiger partial charge in [-0.3, -0.25) is 4.79 Å². The fourth-order valence-electron chi connectivity index (χ4n) is 2.66. The normalized spacial score (nSPS) is 20.1. The molecule has 2 aromatic rings. The van der Waals surface area contributed by atoms with E-state index in [9.17, 15) is 9.90 Å². The Labute approximate surface area is 149 Å². The lowest BCUT2D eigenvalue weighted by Gasteiger charge is -2.13. The Morgan fingerprint density at radius 1 is 1.21 bits per heavy atom. The lowest BCUT2D eigenvalue weighted by Crippen LogP contribution is -2.39. The molecule has 4 N–H and O–H groups in total. The second-order valence-electron chi connectivity index (χ2n) is 5.79. The van der Waals surface area contributed by atoms with Crippen molar-refractivity contribution < 1.29 is 9.90 Å². The molecule has 0 aliphatic carbocycles. The summed E-state index contributed by atoms with van der Waals surface area (Å²) in [7, 11) is 0. The predicted octanol–water partition coefficient (Wildman–Crippen LogP) is 3.55. The highest BCUT2D eigenvalue weighted by atomic mass is 35.5. The van der Waals surface area contributed by atoms with E-state index in [1.54, 1.807) is 36.4 Å². The fraction of sp³-hybridized carbons (Fsp3) is 0.235. The monoisotopic (exact) mass is 365 g/mol. The number of hydrazine groups is 1. The molecule has 2 aromatic carbocycles. The van der Waals surface area contributed by atoms with Gasteiger partial charge in [-0.1, -0.05) is 23.2 Å². The highest BCUT2D eigenvalue weighted by Crippen LogP contribution is 2.33. The first-order valence-corrected chi connectivity index (χ1v) is 8.26. The molecule has 126 valence electrons. The smallest absolute Gasteiger partial charge is 0.242 e. The van der Waals surface area contributed by atoms with E-state index in [2.05, 4.69) is 16.2 Å². The summed E-state index contributed by atoms with van der Waals surface area (Å²) in [6, 6.07) is 9.64. The van der Waals surface area contributed by atoms with Crippen LogP contribution in [0, 0.1) is 6.92 Å². The maximum atomic E-state index is 12.3. The van der Waals surface area contributed by atoms with Crippen LogP contribution in [0.15, 0.2) is 36.4 Å². The summed E-state index contributed by atoms with van der Waals surface area (Å²) in [5.41, 5.74) is 8.14. The molecular weight excluding hydrogens is 349 g/mol. The number of rotatable bonds is 3. The molecule has 24 heavy (non-hydrogen) atoms. The predicted molar refractivity (Wildman–Crippen MR) is 95.4 cm³/mol. The topological polar surface area (TPSA) is 73.4 Å². The van der Waals surface area contributed by atoms with E-state index >= 15 is 0 Å². The molecule has 1 amide bonds. The Bertz CT molecular complexity index is 765. The third-order valence-corrected chi connectivity index (χ3v) is 4.67. The first-order valence-electron chi connectivity index (χ1n) is 7.50. The second-order valence-corrected chi connectivity index (χ2v) is 6.63. The quantitative estimate of drug-likeness (QED) is 0.670. The van der Waals surface area contributed by atoms with Gasteiger partial charge in [0.1, 0.15) is 11.8 Å². The van der Waals surface area contributed by atoms with E-state index in [1.807, 2.05) is 6.92 Å². The summed E-state index contributed by atoms with van der Waals surface area (Å²) in [6.07, 6.45) is 0.492. The Kier molecular flexibility index (Phi) is 4.96. The van der Waals surface area contributed by atoms with Crippen molar-refractivity contribution in [2.75, 3.05) is 5.32 Å². The molecule has 0 aromatic heterocycles. The van der Waals surface area contributed by atoms with Crippen LogP contribution in [0.4, 0.5) is 5.69 Å². The lowest BCUT2D eigenvalue weighted by molar-refractivity contribution is -0.117. The number of carbonyl (C=O) groups is 1. The van der Waals surface area contributed by atoms with Gasteiger partial charge in [0.25, 0.3) is 0 Å². The molecule has 3 rings (SSSR count). The summed E-state index contributed by atoms with van der Waals surface area (Å²) in [6.45, 7) is 1.83. The van der Waals surface area contributed by atoms with Crippen molar-refractivity contribution in [2.24, 2.45) is 0 Å². The average molecular weight is 366 g/mol. The van der Waals surface area contributed by atoms with Gasteiger partial charge < -0.3 is 10.4 Å². The SMILES string of the molecule is Cc1cc(O)c(C2CC(C(=O)Nc3ccc(Cl)cc3)NN2)cc1Cl. The molecule has 1 heterocycles. The molecule has 5 nitrogen and oxygen atoms in total. The summed E-state index contributed by atoms with van der Waals surface area (Å²) >= 11 is 12.0. The Morgan fingerprint density at radius 3 is 2.62 bits per heavy atom. The van der Waals surface area contributed by atoms with Gasteiger partial charge in [-0.2, -0.15) is 0 Å². The molecule has 2 atom stereocenters. The van der Waals surface area contributed by atoms with Crippen LogP contribution in [-0.2, 0) is 4.79 Å². The largest absolute Gasteiger partial charge is 0.508 e. The van der Waals surface area contributed by atoms with Crippen LogP contribution in [0.25, 0.3) is 0 Å². The van der Waals surface area contributed by atoms with Crippen molar-refractivity contribution in [1.29, 1.82) is 0 Å². The van der Waals surface area contributed by atoms with Crippen molar-refractivity contribution in [3.8, 4) is 5.75 Å². The second kappa shape index (κ2) is 6.99. The summed E-state index contributed by atoms with van der Waals surface area (Å²) in [5, 5.41) is 14.1. The molecule has 7 heteroatoms. The maximum Gasteiger partial charge on any atom is 0.242 e. The zero-order valence-electron chi connectivity index (χ0n) is 12.9. The number of nitrogens with one attached hydrogen (secondary N) is 3. The number of amides is 1. The van der Waals surface area contributed by atoms with E-state index in [0.717, 1.165) is 5.56 Å². The number of hydrogen-bond donors (Lipinski definition) is 4. The van der Waals surface area contributed by atoms with Crippen molar-refractivity contribution in [1.82, 2.24) is 10.9 Å². The number of phenolic OH excluding ortho intramolecular Hbond substituents is 1. The standard InChI is InChI=1S/C17H17Cl2N3O2/c1-9-6-16(23)12(7-13(9)19)14-8-15(22-21-14)17(24)20-11-4-2-10(18)3-5-11/h2-7,14-15,21-23H,8H2,1H3,(H,20,24). The minimum absolute atomic E-state index is 0.162. The molecule has 0 radical (unpaired) electrons. The van der Waals surface area contributed by atoms with Crippen molar-refractivity contribution >= 4 is 34.8 Å². The number of halogens is 2. The molecule has 1 aliphatic heterocycles. The first-order chi connectivity index (χ1) is 11.4. The van der Waals surface area contributed by atoms with Crippen molar-refractivity contribution in [3.05, 3.63) is 57.6 Å². The van der Waals surface area contributed by atoms with Gasteiger partial charge in [-0.25, -0.2) is 10.9 Å². The van der Waals surface area contributed by atoms with Crippen LogP contribution in [0.1, 0.15) is 23.6 Å². The van der Waals surface area contributed by atoms with Crippen LogP contribution < -0.4 is 16.2 Å². The van der Waals surface area contributed by atoms with Crippen molar-refractivity contribution in [2.45, 2.75) is 25.4 Å². The fourth-order valence-corrected chi connectivity index (χ4v) is 2.95. The minimum atomic E-state index is -0.426. The molecule has 1 saturated heterocycles. The third kappa shape index (κ3) is 3.65. The number of aryl methyl sites for hydroxylation is 1. The molecular formula is C17H17Cl2N3O2. The number of hydrogen-bond acceptors (Lipinski definition) is 4. The average Bonchev–Trinajstić information content (AvgIpc) is 3.03. The van der Waals surface area contributed by atoms with Crippen LogP contribution in [0.2, 0.25) is 10.0 Å². The van der Waals surface area contributed by atoms with Gasteiger partial charge in [-0.15, -0.1) is 0 Å². The number of carbonyl (C=O) groups excluding carboxylic acids is 1. The van der Waals surface area contributed by atoms with Crippen LogP contribution in [-0.4, -0.2) is 17.1 Å². The van der Waals surface area contributed by atoms with Crippen LogP contribution in [0.5, 0.6) is 5.75 Å². The molecule has 0 bridgehead atoms. The van der Waals surface area contributed by atoms with Gasteiger partial charge in [0.05, 0.1) is 6.04 Å². The highest BCUT2D eigenvalue weighted by Gasteiger charge is 2.31. The number of phenols is 1. The molecule has 2 unspecified atom stereocenters. The van der Waals surface area contributed by atoms with Crippen molar-refractivity contribution in [3.63, 3.8) is 0 Å². The van der Waals surface area contributed by atoms with Gasteiger partial charge >= 0.3 is 0 Å². The van der Waals surface area contributed by atoms with Gasteiger partial charge in [0, 0.05) is 21.3 Å². The molecule has 1 aliphatic rings. The molecule has 0 saturated carbocycles. The van der Waals surface area contributed by atoms with E-state index in [0.29, 0.717) is 27.7 Å². The molecule has 0 spiro atoms. The number of aromatic hydroxyl groups is 1. The zero-order chi connectivity index (χ0) is 17.3. The minimum Gasteiger partial charge on any atom is -0.508 e. The Balaban J connectivity index is 1.67. The third-order valence-electron chi connectivity index (χ3n) is 4.01. The lowest BCUT2D eigenvalue weighted by atomic mass is 9.99. The van der Waals surface area contributed by atoms with Crippen LogP contribution in [0.3, 0.4) is 0 Å².